The van der Waals surface area contributed by atoms with E-state index in [1.807, 2.05) is 6.92 Å². The van der Waals surface area contributed by atoms with Crippen LogP contribution in [0.4, 0.5) is 0 Å². The first-order valence-electron chi connectivity index (χ1n) is 3.58. The number of aliphatic hydroxyl groups is 1. The van der Waals surface area contributed by atoms with E-state index in [1.165, 1.54) is 6.92 Å². The van der Waals surface area contributed by atoms with Crippen LogP contribution in [0.3, 0.4) is 0 Å². The van der Waals surface area contributed by atoms with E-state index in [4.69, 9.17) is 5.11 Å². The lowest BCUT2D eigenvalue weighted by Gasteiger charge is -2.13. The Morgan fingerprint density at radius 3 is 2.60 bits per heavy atom. The van der Waals surface area contributed by atoms with E-state index in [9.17, 15) is 4.79 Å². The third-order valence-corrected chi connectivity index (χ3v) is 1.38. The number of nitrogens with one attached hydrogen (secondary N) is 1. The van der Waals surface area contributed by atoms with Crippen molar-refractivity contribution >= 4 is 5.91 Å². The van der Waals surface area contributed by atoms with Crippen molar-refractivity contribution in [3.8, 4) is 0 Å². The van der Waals surface area contributed by atoms with Gasteiger partial charge in [0.1, 0.15) is 0 Å². The van der Waals surface area contributed by atoms with Gasteiger partial charge in [-0.1, -0.05) is 6.92 Å². The number of amides is 1. The SMILES string of the molecule is CCC(CCO)NC(C)=O. The van der Waals surface area contributed by atoms with Crippen LogP contribution in [0.15, 0.2) is 0 Å². The van der Waals surface area contributed by atoms with Gasteiger partial charge < -0.3 is 10.4 Å². The normalized spacial score (nSPS) is 12.7. The number of hydrogen-bond acceptors (Lipinski definition) is 2. The largest absolute Gasteiger partial charge is 0.396 e. The Morgan fingerprint density at radius 2 is 2.30 bits per heavy atom. The van der Waals surface area contributed by atoms with Crippen LogP contribution in [0.25, 0.3) is 0 Å². The van der Waals surface area contributed by atoms with Crippen molar-refractivity contribution in [3.63, 3.8) is 0 Å². The second-order valence-corrected chi connectivity index (χ2v) is 2.32. The fourth-order valence-corrected chi connectivity index (χ4v) is 0.822. The summed E-state index contributed by atoms with van der Waals surface area (Å²) in [5.74, 6) is -0.0275. The molecule has 0 heterocycles. The lowest BCUT2D eigenvalue weighted by molar-refractivity contribution is -0.119. The van der Waals surface area contributed by atoms with Crippen molar-refractivity contribution < 1.29 is 9.90 Å². The summed E-state index contributed by atoms with van der Waals surface area (Å²) in [6, 6.07) is 0.141. The van der Waals surface area contributed by atoms with Crippen molar-refractivity contribution in [2.24, 2.45) is 0 Å². The fourth-order valence-electron chi connectivity index (χ4n) is 0.822. The second-order valence-electron chi connectivity index (χ2n) is 2.32. The Kier molecular flexibility index (Phi) is 4.94. The Morgan fingerprint density at radius 1 is 1.70 bits per heavy atom. The number of rotatable bonds is 4. The Balaban J connectivity index is 3.49. The van der Waals surface area contributed by atoms with Crippen molar-refractivity contribution in [1.29, 1.82) is 0 Å². The van der Waals surface area contributed by atoms with Gasteiger partial charge >= 0.3 is 0 Å². The maximum atomic E-state index is 10.5. The Bertz CT molecular complexity index is 104. The Labute approximate surface area is 61.4 Å². The van der Waals surface area contributed by atoms with Crippen molar-refractivity contribution in [1.82, 2.24) is 5.32 Å². The molecule has 3 nitrogen and oxygen atoms in total. The van der Waals surface area contributed by atoms with Gasteiger partial charge in [0, 0.05) is 19.6 Å². The van der Waals surface area contributed by atoms with E-state index in [2.05, 4.69) is 5.32 Å². The lowest BCUT2D eigenvalue weighted by Crippen LogP contribution is -2.33. The standard InChI is InChI=1S/C7H15NO2/c1-3-7(4-5-9)8-6(2)10/h7,9H,3-5H2,1-2H3,(H,8,10). The highest BCUT2D eigenvalue weighted by atomic mass is 16.3. The lowest BCUT2D eigenvalue weighted by atomic mass is 10.1. The summed E-state index contributed by atoms with van der Waals surface area (Å²) >= 11 is 0. The first-order valence-corrected chi connectivity index (χ1v) is 3.58. The summed E-state index contributed by atoms with van der Waals surface area (Å²) in [6.45, 7) is 3.61. The van der Waals surface area contributed by atoms with E-state index in [-0.39, 0.29) is 18.6 Å². The minimum atomic E-state index is -0.0275. The molecule has 0 spiro atoms. The van der Waals surface area contributed by atoms with Gasteiger partial charge in [-0.3, -0.25) is 4.79 Å². The van der Waals surface area contributed by atoms with Gasteiger partial charge in [-0.05, 0) is 12.8 Å². The van der Waals surface area contributed by atoms with Gasteiger partial charge in [-0.15, -0.1) is 0 Å². The number of aliphatic hydroxyl groups excluding tert-OH is 1. The summed E-state index contributed by atoms with van der Waals surface area (Å²) in [6.07, 6.45) is 1.52. The molecule has 1 atom stereocenters. The smallest absolute Gasteiger partial charge is 0.217 e. The number of hydrogen-bond donors (Lipinski definition) is 2. The van der Waals surface area contributed by atoms with Crippen LogP contribution in [0.5, 0.6) is 0 Å². The summed E-state index contributed by atoms with van der Waals surface area (Å²) < 4.78 is 0. The molecule has 0 aliphatic rings. The van der Waals surface area contributed by atoms with E-state index in [0.29, 0.717) is 6.42 Å². The van der Waals surface area contributed by atoms with Crippen molar-refractivity contribution in [2.45, 2.75) is 32.7 Å². The topological polar surface area (TPSA) is 49.3 Å². The molecule has 0 rings (SSSR count). The molecule has 1 unspecified atom stereocenters. The molecule has 0 radical (unpaired) electrons. The minimum Gasteiger partial charge on any atom is -0.396 e. The van der Waals surface area contributed by atoms with Crippen LogP contribution in [0, 0.1) is 0 Å². The maximum Gasteiger partial charge on any atom is 0.217 e. The van der Waals surface area contributed by atoms with Gasteiger partial charge in [-0.25, -0.2) is 0 Å². The summed E-state index contributed by atoms with van der Waals surface area (Å²) in [4.78, 5) is 10.5. The van der Waals surface area contributed by atoms with Crippen LogP contribution in [-0.4, -0.2) is 23.7 Å². The molecule has 1 amide bonds. The zero-order chi connectivity index (χ0) is 7.98. The highest BCUT2D eigenvalue weighted by molar-refractivity contribution is 5.73. The summed E-state index contributed by atoms with van der Waals surface area (Å²) in [5.41, 5.74) is 0. The fraction of sp³-hybridized carbons (Fsp3) is 0.857. The van der Waals surface area contributed by atoms with Crippen LogP contribution in [0.1, 0.15) is 26.7 Å². The Hall–Kier alpha value is -0.570. The molecule has 0 aliphatic heterocycles. The van der Waals surface area contributed by atoms with E-state index in [1.54, 1.807) is 0 Å². The van der Waals surface area contributed by atoms with E-state index < -0.39 is 0 Å². The number of carbonyl (C=O) groups excluding carboxylic acids is 1. The predicted molar refractivity (Wildman–Crippen MR) is 39.6 cm³/mol. The summed E-state index contributed by atoms with van der Waals surface area (Å²) in [7, 11) is 0. The third kappa shape index (κ3) is 4.32. The van der Waals surface area contributed by atoms with Crippen LogP contribution in [-0.2, 0) is 4.79 Å². The highest BCUT2D eigenvalue weighted by Gasteiger charge is 2.04. The van der Waals surface area contributed by atoms with Gasteiger partial charge in [0.2, 0.25) is 5.91 Å². The minimum absolute atomic E-state index is 0.0275. The molecule has 3 heteroatoms. The zero-order valence-corrected chi connectivity index (χ0v) is 6.55. The van der Waals surface area contributed by atoms with E-state index in [0.717, 1.165) is 6.42 Å². The molecule has 10 heavy (non-hydrogen) atoms. The van der Waals surface area contributed by atoms with Crippen LogP contribution in [0.2, 0.25) is 0 Å². The zero-order valence-electron chi connectivity index (χ0n) is 6.55. The van der Waals surface area contributed by atoms with Gasteiger partial charge in [0.15, 0.2) is 0 Å². The molecule has 0 aliphatic carbocycles. The third-order valence-electron chi connectivity index (χ3n) is 1.38. The van der Waals surface area contributed by atoms with Gasteiger partial charge in [-0.2, -0.15) is 0 Å². The molecule has 0 saturated heterocycles. The maximum absolute atomic E-state index is 10.5. The van der Waals surface area contributed by atoms with Crippen molar-refractivity contribution in [3.05, 3.63) is 0 Å². The quantitative estimate of drug-likeness (QED) is 0.597. The van der Waals surface area contributed by atoms with Gasteiger partial charge in [0.25, 0.3) is 0 Å². The molecule has 0 bridgehead atoms. The molecule has 2 N–H and O–H groups in total. The molecule has 0 fully saturated rings. The van der Waals surface area contributed by atoms with Crippen LogP contribution < -0.4 is 5.32 Å². The predicted octanol–water partition coefficient (Wildman–Crippen LogP) is 0.283. The summed E-state index contributed by atoms with van der Waals surface area (Å²) in [5, 5.41) is 11.3. The first-order chi connectivity index (χ1) is 4.70. The highest BCUT2D eigenvalue weighted by Crippen LogP contribution is 1.95. The molecular weight excluding hydrogens is 130 g/mol. The molecule has 60 valence electrons. The average Bonchev–Trinajstić information content (AvgIpc) is 1.86. The van der Waals surface area contributed by atoms with Crippen molar-refractivity contribution in [2.75, 3.05) is 6.61 Å². The monoisotopic (exact) mass is 145 g/mol. The average molecular weight is 145 g/mol. The second kappa shape index (κ2) is 5.23. The number of carbonyl (C=O) groups is 1. The molecule has 0 aromatic heterocycles. The van der Waals surface area contributed by atoms with Gasteiger partial charge in [0.05, 0.1) is 0 Å². The molecule has 0 saturated carbocycles. The van der Waals surface area contributed by atoms with E-state index >= 15 is 0 Å². The first kappa shape index (κ1) is 9.43. The molecule has 0 aromatic carbocycles. The molecular formula is C7H15NO2. The van der Waals surface area contributed by atoms with Crippen LogP contribution >= 0.6 is 0 Å². The molecule has 0 aromatic rings.